The van der Waals surface area contributed by atoms with Gasteiger partial charge in [-0.05, 0) is 44.7 Å². The van der Waals surface area contributed by atoms with Crippen LogP contribution in [0.1, 0.15) is 6.42 Å². The second-order valence-corrected chi connectivity index (χ2v) is 9.93. The molecular formula is C7H22N2OSi2. The van der Waals surface area contributed by atoms with Crippen LogP contribution >= 0.6 is 0 Å². The molecule has 0 aliphatic carbocycles. The van der Waals surface area contributed by atoms with Crippen LogP contribution < -0.4 is 11.5 Å². The monoisotopic (exact) mass is 206 g/mol. The molecule has 0 saturated carbocycles. The Morgan fingerprint density at radius 2 is 1.92 bits per heavy atom. The normalized spacial score (nSPS) is 13.0. The van der Waals surface area contributed by atoms with E-state index in [2.05, 4.69) is 13.1 Å². The Balaban J connectivity index is 3.42. The molecule has 0 unspecified atom stereocenters. The number of nitrogens with two attached hydrogens (primary N) is 2. The first kappa shape index (κ1) is 12.3. The summed E-state index contributed by atoms with van der Waals surface area (Å²) in [6, 6.07) is 2.31. The average Bonchev–Trinajstić information content (AvgIpc) is 2.01. The topological polar surface area (TPSA) is 61.3 Å². The lowest BCUT2D eigenvalue weighted by Gasteiger charge is -2.22. The maximum atomic E-state index is 5.91. The van der Waals surface area contributed by atoms with E-state index in [-0.39, 0.29) is 9.76 Å². The van der Waals surface area contributed by atoms with Crippen molar-refractivity contribution in [2.75, 3.05) is 13.1 Å². The molecule has 0 aromatic heterocycles. The van der Waals surface area contributed by atoms with Gasteiger partial charge in [0.25, 0.3) is 0 Å². The van der Waals surface area contributed by atoms with Crippen LogP contribution in [-0.2, 0) is 4.12 Å². The van der Waals surface area contributed by atoms with Crippen LogP contribution in [0.15, 0.2) is 0 Å². The van der Waals surface area contributed by atoms with E-state index in [0.29, 0.717) is 0 Å². The minimum atomic E-state index is -1.34. The fraction of sp³-hybridized carbons (Fsp3) is 1.00. The van der Waals surface area contributed by atoms with Gasteiger partial charge in [0.05, 0.1) is 0 Å². The first-order valence-electron chi connectivity index (χ1n) is 4.66. The molecule has 0 spiro atoms. The third-order valence-electron chi connectivity index (χ3n) is 1.82. The summed E-state index contributed by atoms with van der Waals surface area (Å²) in [6.45, 7) is 6.12. The fourth-order valence-corrected chi connectivity index (χ4v) is 5.62. The summed E-state index contributed by atoms with van der Waals surface area (Å²) < 4.78 is 5.91. The lowest BCUT2D eigenvalue weighted by atomic mass is 10.5. The largest absolute Gasteiger partial charge is 0.460 e. The van der Waals surface area contributed by atoms with E-state index in [1.165, 1.54) is 6.04 Å². The van der Waals surface area contributed by atoms with E-state index >= 15 is 0 Å². The van der Waals surface area contributed by atoms with E-state index in [9.17, 15) is 0 Å². The molecule has 0 rings (SSSR count). The van der Waals surface area contributed by atoms with Gasteiger partial charge in [-0.3, -0.25) is 0 Å². The highest BCUT2D eigenvalue weighted by Gasteiger charge is 2.20. The second-order valence-electron chi connectivity index (χ2n) is 3.64. The Kier molecular flexibility index (Phi) is 6.97. The average molecular weight is 206 g/mol. The van der Waals surface area contributed by atoms with E-state index < -0.39 is 8.32 Å². The highest BCUT2D eigenvalue weighted by molar-refractivity contribution is 6.75. The standard InChI is InChI=1S/C7H22N2OSi2/c1-12(2,7-3-4-8)10-11-6-5-9/h3-9,11H2,1-2H3. The minimum absolute atomic E-state index is 0.325. The summed E-state index contributed by atoms with van der Waals surface area (Å²) in [5, 5.41) is 0. The van der Waals surface area contributed by atoms with Crippen LogP contribution in [0, 0.1) is 0 Å². The van der Waals surface area contributed by atoms with Gasteiger partial charge in [0.1, 0.15) is 9.76 Å². The minimum Gasteiger partial charge on any atom is -0.460 e. The first-order valence-corrected chi connectivity index (χ1v) is 9.36. The lowest BCUT2D eigenvalue weighted by Crippen LogP contribution is -2.33. The van der Waals surface area contributed by atoms with Crippen molar-refractivity contribution >= 4 is 18.1 Å². The molecule has 0 atom stereocenters. The summed E-state index contributed by atoms with van der Waals surface area (Å²) in [7, 11) is -1.66. The van der Waals surface area contributed by atoms with Crippen LogP contribution in [0.2, 0.25) is 25.2 Å². The number of hydrogen-bond acceptors (Lipinski definition) is 3. The SMILES string of the molecule is C[Si](C)(CCCN)O[SiH2]CCN. The lowest BCUT2D eigenvalue weighted by molar-refractivity contribution is 0.577. The van der Waals surface area contributed by atoms with Gasteiger partial charge in [0, 0.05) is 0 Å². The van der Waals surface area contributed by atoms with Crippen LogP contribution in [0.5, 0.6) is 0 Å². The van der Waals surface area contributed by atoms with Gasteiger partial charge in [-0.15, -0.1) is 0 Å². The van der Waals surface area contributed by atoms with Gasteiger partial charge >= 0.3 is 0 Å². The van der Waals surface area contributed by atoms with Crippen molar-refractivity contribution in [1.82, 2.24) is 0 Å². The van der Waals surface area contributed by atoms with Crippen molar-refractivity contribution in [3.05, 3.63) is 0 Å². The molecule has 0 aromatic rings. The summed E-state index contributed by atoms with van der Waals surface area (Å²) in [5.74, 6) is 0. The zero-order chi connectivity index (χ0) is 9.45. The predicted molar refractivity (Wildman–Crippen MR) is 59.5 cm³/mol. The molecule has 74 valence electrons. The Labute approximate surface area is 78.9 Å². The zero-order valence-corrected chi connectivity index (χ0v) is 10.7. The Morgan fingerprint density at radius 3 is 2.42 bits per heavy atom. The van der Waals surface area contributed by atoms with Gasteiger partial charge in [-0.1, -0.05) is 0 Å². The van der Waals surface area contributed by atoms with Gasteiger partial charge in [0.2, 0.25) is 0 Å². The molecule has 0 radical (unpaired) electrons. The molecule has 0 bridgehead atoms. The van der Waals surface area contributed by atoms with E-state index in [1.807, 2.05) is 0 Å². The highest BCUT2D eigenvalue weighted by atomic mass is 28.4. The Morgan fingerprint density at radius 1 is 1.25 bits per heavy atom. The van der Waals surface area contributed by atoms with Crippen LogP contribution in [-0.4, -0.2) is 31.2 Å². The number of rotatable bonds is 7. The molecular weight excluding hydrogens is 184 g/mol. The van der Waals surface area contributed by atoms with Crippen LogP contribution in [0.25, 0.3) is 0 Å². The quantitative estimate of drug-likeness (QED) is 0.456. The summed E-state index contributed by atoms with van der Waals surface area (Å²) in [5.41, 5.74) is 10.9. The maximum Gasteiger partial charge on any atom is 0.173 e. The van der Waals surface area contributed by atoms with Gasteiger partial charge in [-0.2, -0.15) is 0 Å². The molecule has 3 nitrogen and oxygen atoms in total. The summed E-state index contributed by atoms with van der Waals surface area (Å²) >= 11 is 0. The maximum absolute atomic E-state index is 5.91. The van der Waals surface area contributed by atoms with Crippen molar-refractivity contribution in [2.24, 2.45) is 11.5 Å². The summed E-state index contributed by atoms with van der Waals surface area (Å²) in [4.78, 5) is 0. The van der Waals surface area contributed by atoms with Crippen LogP contribution in [0.3, 0.4) is 0 Å². The van der Waals surface area contributed by atoms with Crippen molar-refractivity contribution < 1.29 is 4.12 Å². The van der Waals surface area contributed by atoms with E-state index in [0.717, 1.165) is 25.6 Å². The van der Waals surface area contributed by atoms with E-state index in [4.69, 9.17) is 15.6 Å². The van der Waals surface area contributed by atoms with E-state index in [1.54, 1.807) is 0 Å². The third-order valence-corrected chi connectivity index (χ3v) is 8.02. The van der Waals surface area contributed by atoms with Crippen molar-refractivity contribution in [3.8, 4) is 0 Å². The van der Waals surface area contributed by atoms with Crippen molar-refractivity contribution in [3.63, 3.8) is 0 Å². The molecule has 0 fully saturated rings. The molecule has 0 aliphatic heterocycles. The number of hydrogen-bond donors (Lipinski definition) is 2. The molecule has 0 heterocycles. The van der Waals surface area contributed by atoms with Crippen LogP contribution in [0.4, 0.5) is 0 Å². The zero-order valence-electron chi connectivity index (χ0n) is 8.31. The molecule has 5 heteroatoms. The van der Waals surface area contributed by atoms with Gasteiger partial charge < -0.3 is 15.6 Å². The first-order chi connectivity index (χ1) is 5.62. The molecule has 0 aromatic carbocycles. The predicted octanol–water partition coefficient (Wildman–Crippen LogP) is 0.0177. The van der Waals surface area contributed by atoms with Gasteiger partial charge in [-0.25, -0.2) is 0 Å². The smallest absolute Gasteiger partial charge is 0.173 e. The second kappa shape index (κ2) is 6.79. The van der Waals surface area contributed by atoms with Gasteiger partial charge in [0.15, 0.2) is 8.32 Å². The summed E-state index contributed by atoms with van der Waals surface area (Å²) in [6.07, 6.45) is 1.11. The molecule has 0 saturated heterocycles. The molecule has 0 amide bonds. The molecule has 0 aliphatic rings. The Bertz CT molecular complexity index is 112. The van der Waals surface area contributed by atoms with Crippen molar-refractivity contribution in [1.29, 1.82) is 0 Å². The van der Waals surface area contributed by atoms with Crippen molar-refractivity contribution in [2.45, 2.75) is 31.6 Å². The molecule has 4 N–H and O–H groups in total. The Hall–Kier alpha value is 0.314. The third kappa shape index (κ3) is 6.99. The highest BCUT2D eigenvalue weighted by Crippen LogP contribution is 2.12. The fourth-order valence-electron chi connectivity index (χ4n) is 1.03. The molecule has 12 heavy (non-hydrogen) atoms.